The summed E-state index contributed by atoms with van der Waals surface area (Å²) in [6.07, 6.45) is 0.471. The quantitative estimate of drug-likeness (QED) is 0.653. The van der Waals surface area contributed by atoms with Gasteiger partial charge in [0.25, 0.3) is 0 Å². The van der Waals surface area contributed by atoms with Gasteiger partial charge in [-0.15, -0.1) is 0 Å². The topological polar surface area (TPSA) is 101 Å². The van der Waals surface area contributed by atoms with E-state index in [1.54, 1.807) is 0 Å². The van der Waals surface area contributed by atoms with Gasteiger partial charge < -0.3 is 5.11 Å². The van der Waals surface area contributed by atoms with Crippen molar-refractivity contribution in [3.05, 3.63) is 34.1 Å². The molecular formula is C11H13FN2O5S. The van der Waals surface area contributed by atoms with Gasteiger partial charge in [-0.1, -0.05) is 6.07 Å². The molecular weight excluding hydrogens is 291 g/mol. The smallest absolute Gasteiger partial charge is 0.324 e. The predicted molar refractivity (Wildman–Crippen MR) is 67.0 cm³/mol. The molecule has 1 fully saturated rings. The number of para-hydroxylation sites is 1. The van der Waals surface area contributed by atoms with Gasteiger partial charge in [0.2, 0.25) is 15.8 Å². The van der Waals surface area contributed by atoms with E-state index in [0.717, 1.165) is 22.5 Å². The number of rotatable bonds is 4. The number of nitrogens with zero attached hydrogens (tertiary/aromatic N) is 2. The lowest BCUT2D eigenvalue weighted by molar-refractivity contribution is -0.390. The Bertz CT molecular complexity index is 634. The molecule has 0 bridgehead atoms. The van der Waals surface area contributed by atoms with Crippen molar-refractivity contribution in [2.24, 2.45) is 5.92 Å². The summed E-state index contributed by atoms with van der Waals surface area (Å²) in [5, 5.41) is 19.9. The summed E-state index contributed by atoms with van der Waals surface area (Å²) in [5.74, 6) is -1.38. The lowest BCUT2D eigenvalue weighted by Crippen LogP contribution is -2.30. The Morgan fingerprint density at radius 2 is 2.20 bits per heavy atom. The monoisotopic (exact) mass is 304 g/mol. The first-order valence-electron chi connectivity index (χ1n) is 5.92. The van der Waals surface area contributed by atoms with E-state index < -0.39 is 31.3 Å². The Balaban J connectivity index is 2.46. The van der Waals surface area contributed by atoms with Gasteiger partial charge in [0, 0.05) is 19.7 Å². The highest BCUT2D eigenvalue weighted by Gasteiger charge is 2.37. The molecule has 1 aromatic carbocycles. The zero-order valence-corrected chi connectivity index (χ0v) is 11.2. The van der Waals surface area contributed by atoms with Crippen LogP contribution in [0, 0.1) is 21.8 Å². The Morgan fingerprint density at radius 1 is 1.50 bits per heavy atom. The average Bonchev–Trinajstić information content (AvgIpc) is 2.87. The van der Waals surface area contributed by atoms with Crippen LogP contribution in [0.5, 0.6) is 0 Å². The summed E-state index contributed by atoms with van der Waals surface area (Å²) in [6, 6.07) is 2.98. The van der Waals surface area contributed by atoms with E-state index in [0.29, 0.717) is 6.42 Å². The molecule has 7 nitrogen and oxygen atoms in total. The number of hydrogen-bond donors (Lipinski definition) is 1. The van der Waals surface area contributed by atoms with E-state index in [2.05, 4.69) is 0 Å². The molecule has 0 amide bonds. The SMILES string of the molecule is O=[N+]([O-])c1c(F)cccc1S(=O)(=O)N1CCC(CO)C1. The van der Waals surface area contributed by atoms with Crippen LogP contribution in [0.25, 0.3) is 0 Å². The van der Waals surface area contributed by atoms with E-state index in [4.69, 9.17) is 5.11 Å². The number of aliphatic hydroxyl groups excluding tert-OH is 1. The number of hydrogen-bond acceptors (Lipinski definition) is 5. The summed E-state index contributed by atoms with van der Waals surface area (Å²) in [6.45, 7) is 0.0744. The molecule has 1 saturated heterocycles. The van der Waals surface area contributed by atoms with Crippen LogP contribution in [0.3, 0.4) is 0 Å². The van der Waals surface area contributed by atoms with E-state index in [9.17, 15) is 22.9 Å². The van der Waals surface area contributed by atoms with E-state index >= 15 is 0 Å². The lowest BCUT2D eigenvalue weighted by atomic mass is 10.1. The fourth-order valence-corrected chi connectivity index (χ4v) is 3.88. The number of nitro benzene ring substituents is 1. The summed E-state index contributed by atoms with van der Waals surface area (Å²) < 4.78 is 39.2. The van der Waals surface area contributed by atoms with Gasteiger partial charge in [0.1, 0.15) is 0 Å². The highest BCUT2D eigenvalue weighted by atomic mass is 32.2. The molecule has 1 atom stereocenters. The third kappa shape index (κ3) is 2.51. The number of aliphatic hydroxyl groups is 1. The van der Waals surface area contributed by atoms with Crippen molar-refractivity contribution in [2.45, 2.75) is 11.3 Å². The van der Waals surface area contributed by atoms with Crippen molar-refractivity contribution in [1.82, 2.24) is 4.31 Å². The highest BCUT2D eigenvalue weighted by molar-refractivity contribution is 7.89. The zero-order valence-electron chi connectivity index (χ0n) is 10.4. The van der Waals surface area contributed by atoms with Gasteiger partial charge in [-0.25, -0.2) is 8.42 Å². The minimum Gasteiger partial charge on any atom is -0.396 e. The van der Waals surface area contributed by atoms with Crippen LogP contribution in [-0.4, -0.2) is 42.4 Å². The minimum absolute atomic E-state index is 0.0759. The van der Waals surface area contributed by atoms with Gasteiger partial charge >= 0.3 is 5.69 Å². The maximum absolute atomic E-state index is 13.5. The van der Waals surface area contributed by atoms with Gasteiger partial charge in [0.05, 0.1) is 4.92 Å². The third-order valence-corrected chi connectivity index (χ3v) is 5.15. The Labute approximate surface area is 114 Å². The largest absolute Gasteiger partial charge is 0.396 e. The van der Waals surface area contributed by atoms with Crippen LogP contribution < -0.4 is 0 Å². The van der Waals surface area contributed by atoms with Gasteiger partial charge in [0.15, 0.2) is 4.90 Å². The highest BCUT2D eigenvalue weighted by Crippen LogP contribution is 2.31. The van der Waals surface area contributed by atoms with Crippen molar-refractivity contribution in [2.75, 3.05) is 19.7 Å². The second-order valence-electron chi connectivity index (χ2n) is 4.54. The first kappa shape index (κ1) is 14.8. The Hall–Kier alpha value is -1.58. The number of sulfonamides is 1. The number of benzene rings is 1. The Morgan fingerprint density at radius 3 is 2.75 bits per heavy atom. The molecule has 9 heteroatoms. The van der Waals surface area contributed by atoms with Crippen LogP contribution in [0.15, 0.2) is 23.1 Å². The average molecular weight is 304 g/mol. The predicted octanol–water partition coefficient (Wildman–Crippen LogP) is 0.737. The molecule has 0 aromatic heterocycles. The van der Waals surface area contributed by atoms with E-state index in [1.807, 2.05) is 0 Å². The summed E-state index contributed by atoms with van der Waals surface area (Å²) in [4.78, 5) is 9.18. The summed E-state index contributed by atoms with van der Waals surface area (Å²) in [5.41, 5.74) is -1.04. The molecule has 1 aliphatic rings. The third-order valence-electron chi connectivity index (χ3n) is 3.26. The molecule has 0 radical (unpaired) electrons. The fraction of sp³-hybridized carbons (Fsp3) is 0.455. The van der Waals surface area contributed by atoms with Gasteiger partial charge in [-0.3, -0.25) is 10.1 Å². The molecule has 110 valence electrons. The van der Waals surface area contributed by atoms with Crippen LogP contribution in [-0.2, 0) is 10.0 Å². The molecule has 0 aliphatic carbocycles. The zero-order chi connectivity index (χ0) is 14.9. The normalized spacial score (nSPS) is 20.2. The van der Waals surface area contributed by atoms with Crippen LogP contribution in [0.2, 0.25) is 0 Å². The molecule has 1 heterocycles. The molecule has 1 unspecified atom stereocenters. The molecule has 2 rings (SSSR count). The molecule has 0 saturated carbocycles. The lowest BCUT2D eigenvalue weighted by Gasteiger charge is -2.16. The number of halogens is 1. The first-order chi connectivity index (χ1) is 9.37. The molecule has 1 aliphatic heterocycles. The molecule has 1 aromatic rings. The molecule has 1 N–H and O–H groups in total. The summed E-state index contributed by atoms with van der Waals surface area (Å²) in [7, 11) is -4.14. The number of nitro groups is 1. The maximum Gasteiger partial charge on any atom is 0.324 e. The van der Waals surface area contributed by atoms with Gasteiger partial charge in [-0.2, -0.15) is 8.70 Å². The van der Waals surface area contributed by atoms with Gasteiger partial charge in [-0.05, 0) is 24.5 Å². The fourth-order valence-electron chi connectivity index (χ4n) is 2.18. The first-order valence-corrected chi connectivity index (χ1v) is 7.36. The van der Waals surface area contributed by atoms with E-state index in [1.165, 1.54) is 0 Å². The van der Waals surface area contributed by atoms with Crippen molar-refractivity contribution in [3.63, 3.8) is 0 Å². The summed E-state index contributed by atoms with van der Waals surface area (Å²) >= 11 is 0. The Kier molecular flexibility index (Phi) is 4.02. The van der Waals surface area contributed by atoms with Crippen LogP contribution in [0.1, 0.15) is 6.42 Å². The molecule has 20 heavy (non-hydrogen) atoms. The van der Waals surface area contributed by atoms with Crippen molar-refractivity contribution < 1.29 is 22.8 Å². The molecule has 0 spiro atoms. The van der Waals surface area contributed by atoms with Crippen LogP contribution in [0.4, 0.5) is 10.1 Å². The maximum atomic E-state index is 13.5. The second kappa shape index (κ2) is 5.43. The van der Waals surface area contributed by atoms with Crippen molar-refractivity contribution >= 4 is 15.7 Å². The second-order valence-corrected chi connectivity index (χ2v) is 6.45. The van der Waals surface area contributed by atoms with Crippen molar-refractivity contribution in [3.8, 4) is 0 Å². The van der Waals surface area contributed by atoms with E-state index in [-0.39, 0.29) is 25.6 Å². The van der Waals surface area contributed by atoms with Crippen molar-refractivity contribution in [1.29, 1.82) is 0 Å². The standard InChI is InChI=1S/C11H13FN2O5S/c12-9-2-1-3-10(11(9)14(16)17)20(18,19)13-5-4-8(6-13)7-15/h1-3,8,15H,4-7H2. The van der Waals surface area contributed by atoms with Crippen LogP contribution >= 0.6 is 0 Å². The minimum atomic E-state index is -4.14.